The van der Waals surface area contributed by atoms with Gasteiger partial charge in [-0.15, -0.1) is 0 Å². The summed E-state index contributed by atoms with van der Waals surface area (Å²) in [6, 6.07) is 15.7. The zero-order valence-electron chi connectivity index (χ0n) is 15.4. The van der Waals surface area contributed by atoms with Gasteiger partial charge in [-0.05, 0) is 35.9 Å². The van der Waals surface area contributed by atoms with Crippen LogP contribution in [-0.4, -0.2) is 34.0 Å². The second-order valence-electron chi connectivity index (χ2n) is 6.30. The molecule has 9 heteroatoms. The Labute approximate surface area is 173 Å². The average molecular weight is 421 g/mol. The molecule has 0 fully saturated rings. The van der Waals surface area contributed by atoms with Crippen LogP contribution < -0.4 is 4.72 Å². The summed E-state index contributed by atoms with van der Waals surface area (Å²) in [5.41, 5.74) is 5.14. The highest BCUT2D eigenvalue weighted by atomic mass is 32.2. The SMILES string of the molecule is CSNc1ccc(-c2cnc3cnn(S(=O)c4cnc5ccccn45)c3c2)cc1. The molecular formula is C20H16N6OS2. The molecule has 4 aromatic heterocycles. The lowest BCUT2D eigenvalue weighted by molar-refractivity contribution is 0.669. The van der Waals surface area contributed by atoms with Crippen LogP contribution in [0.5, 0.6) is 0 Å². The molecule has 0 saturated heterocycles. The summed E-state index contributed by atoms with van der Waals surface area (Å²) >= 11 is 1.55. The van der Waals surface area contributed by atoms with E-state index in [1.165, 1.54) is 4.09 Å². The molecule has 1 N–H and O–H groups in total. The Hall–Kier alpha value is -3.17. The first-order chi connectivity index (χ1) is 14.2. The van der Waals surface area contributed by atoms with Crippen molar-refractivity contribution in [3.63, 3.8) is 0 Å². The van der Waals surface area contributed by atoms with Crippen LogP contribution in [0, 0.1) is 0 Å². The zero-order chi connectivity index (χ0) is 19.8. The van der Waals surface area contributed by atoms with E-state index in [2.05, 4.69) is 19.8 Å². The van der Waals surface area contributed by atoms with Crippen LogP contribution in [0.4, 0.5) is 5.69 Å². The topological polar surface area (TPSA) is 77.1 Å². The number of benzene rings is 1. The molecule has 144 valence electrons. The van der Waals surface area contributed by atoms with Crippen LogP contribution in [0.1, 0.15) is 0 Å². The first-order valence-electron chi connectivity index (χ1n) is 8.82. The molecule has 1 atom stereocenters. The summed E-state index contributed by atoms with van der Waals surface area (Å²) in [7, 11) is -1.55. The van der Waals surface area contributed by atoms with Crippen molar-refractivity contribution in [3.8, 4) is 11.1 Å². The number of hydrogen-bond acceptors (Lipinski definition) is 6. The smallest absolute Gasteiger partial charge is 0.193 e. The van der Waals surface area contributed by atoms with Gasteiger partial charge in [-0.1, -0.05) is 30.1 Å². The Morgan fingerprint density at radius 1 is 1.00 bits per heavy atom. The number of nitrogens with zero attached hydrogens (tertiary/aromatic N) is 5. The number of anilines is 1. The molecule has 0 aliphatic carbocycles. The fourth-order valence-electron chi connectivity index (χ4n) is 3.15. The summed E-state index contributed by atoms with van der Waals surface area (Å²) in [5.74, 6) is 0. The quantitative estimate of drug-likeness (QED) is 0.433. The Balaban J connectivity index is 1.57. The molecular weight excluding hydrogens is 404 g/mol. The van der Waals surface area contributed by atoms with E-state index in [1.54, 1.807) is 28.7 Å². The van der Waals surface area contributed by atoms with Crippen molar-refractivity contribution >= 4 is 45.3 Å². The Bertz CT molecular complexity index is 1340. The van der Waals surface area contributed by atoms with Crippen LogP contribution in [0.2, 0.25) is 0 Å². The minimum Gasteiger partial charge on any atom is -0.330 e. The molecule has 1 aromatic carbocycles. The normalized spacial score (nSPS) is 12.4. The summed E-state index contributed by atoms with van der Waals surface area (Å²) in [6.07, 6.45) is 8.88. The minimum absolute atomic E-state index is 0.559. The van der Waals surface area contributed by atoms with E-state index in [0.717, 1.165) is 22.5 Å². The van der Waals surface area contributed by atoms with Crippen LogP contribution in [0.3, 0.4) is 0 Å². The van der Waals surface area contributed by atoms with Gasteiger partial charge >= 0.3 is 0 Å². The van der Waals surface area contributed by atoms with Gasteiger partial charge < -0.3 is 4.72 Å². The van der Waals surface area contributed by atoms with E-state index in [-0.39, 0.29) is 0 Å². The average Bonchev–Trinajstić information content (AvgIpc) is 3.38. The number of rotatable bonds is 5. The van der Waals surface area contributed by atoms with Crippen LogP contribution in [-0.2, 0) is 11.0 Å². The molecule has 0 radical (unpaired) electrons. The fourth-order valence-corrected chi connectivity index (χ4v) is 4.62. The van der Waals surface area contributed by atoms with Gasteiger partial charge in [0.15, 0.2) is 16.0 Å². The van der Waals surface area contributed by atoms with Gasteiger partial charge in [0, 0.05) is 29.9 Å². The van der Waals surface area contributed by atoms with Crippen molar-refractivity contribution in [2.24, 2.45) is 0 Å². The molecule has 29 heavy (non-hydrogen) atoms. The fraction of sp³-hybridized carbons (Fsp3) is 0.0500. The number of aromatic nitrogens is 5. The third-order valence-electron chi connectivity index (χ3n) is 4.55. The highest BCUT2D eigenvalue weighted by Crippen LogP contribution is 2.26. The van der Waals surface area contributed by atoms with Crippen LogP contribution in [0.25, 0.3) is 27.8 Å². The van der Waals surface area contributed by atoms with Gasteiger partial charge in [-0.3, -0.25) is 9.38 Å². The van der Waals surface area contributed by atoms with E-state index in [9.17, 15) is 4.21 Å². The van der Waals surface area contributed by atoms with Gasteiger partial charge in [0.25, 0.3) is 0 Å². The summed E-state index contributed by atoms with van der Waals surface area (Å²) in [6.45, 7) is 0. The van der Waals surface area contributed by atoms with Crippen molar-refractivity contribution in [3.05, 3.63) is 73.3 Å². The minimum atomic E-state index is -1.55. The van der Waals surface area contributed by atoms with E-state index in [0.29, 0.717) is 16.1 Å². The van der Waals surface area contributed by atoms with Crippen LogP contribution in [0.15, 0.2) is 78.3 Å². The van der Waals surface area contributed by atoms with Gasteiger partial charge in [0.1, 0.15) is 16.7 Å². The first kappa shape index (κ1) is 17.9. The zero-order valence-corrected chi connectivity index (χ0v) is 17.0. The first-order valence-corrected chi connectivity index (χ1v) is 11.2. The standard InChI is InChI=1S/C20H16N6OS2/c1-28-24-16-7-5-14(6-8-16)15-10-18-17(21-11-15)12-23-26(18)29(27)20-13-22-19-4-2-3-9-25(19)20/h2-13,24H,1H3. The number of fused-ring (bicyclic) bond motifs is 2. The lowest BCUT2D eigenvalue weighted by Gasteiger charge is -2.06. The number of hydrogen-bond donors (Lipinski definition) is 1. The lowest BCUT2D eigenvalue weighted by Crippen LogP contribution is -2.09. The predicted molar refractivity (Wildman–Crippen MR) is 117 cm³/mol. The second kappa shape index (κ2) is 7.34. The Kier molecular flexibility index (Phi) is 4.53. The van der Waals surface area contributed by atoms with E-state index < -0.39 is 11.0 Å². The number of imidazole rings is 1. The van der Waals surface area contributed by atoms with Crippen molar-refractivity contribution in [2.75, 3.05) is 11.0 Å². The Morgan fingerprint density at radius 2 is 1.86 bits per heavy atom. The Morgan fingerprint density at radius 3 is 2.69 bits per heavy atom. The third-order valence-corrected chi connectivity index (χ3v) is 6.25. The monoisotopic (exact) mass is 420 g/mol. The molecule has 7 nitrogen and oxygen atoms in total. The van der Waals surface area contributed by atoms with Crippen LogP contribution >= 0.6 is 11.9 Å². The van der Waals surface area contributed by atoms with E-state index in [4.69, 9.17) is 0 Å². The molecule has 0 aliphatic rings. The highest BCUT2D eigenvalue weighted by Gasteiger charge is 2.17. The molecule has 5 aromatic rings. The lowest BCUT2D eigenvalue weighted by atomic mass is 10.1. The van der Waals surface area contributed by atoms with Gasteiger partial charge in [0.05, 0.1) is 12.4 Å². The molecule has 0 aliphatic heterocycles. The molecule has 4 heterocycles. The molecule has 0 saturated carbocycles. The second-order valence-corrected chi connectivity index (χ2v) is 8.18. The van der Waals surface area contributed by atoms with E-state index >= 15 is 0 Å². The third kappa shape index (κ3) is 3.18. The number of pyridine rings is 2. The van der Waals surface area contributed by atoms with Crippen molar-refractivity contribution < 1.29 is 4.21 Å². The predicted octanol–water partition coefficient (Wildman–Crippen LogP) is 4.01. The molecule has 1 unspecified atom stereocenters. The molecule has 0 amide bonds. The molecule has 0 bridgehead atoms. The largest absolute Gasteiger partial charge is 0.330 e. The summed E-state index contributed by atoms with van der Waals surface area (Å²) < 4.78 is 19.8. The highest BCUT2D eigenvalue weighted by molar-refractivity contribution is 7.99. The number of nitrogens with one attached hydrogen (secondary N) is 1. The van der Waals surface area contributed by atoms with Gasteiger partial charge in [-0.25, -0.2) is 9.19 Å². The maximum absolute atomic E-state index is 13.3. The van der Waals surface area contributed by atoms with Gasteiger partial charge in [-0.2, -0.15) is 9.19 Å². The van der Waals surface area contributed by atoms with E-state index in [1.807, 2.05) is 67.2 Å². The van der Waals surface area contributed by atoms with Gasteiger partial charge in [0.2, 0.25) is 0 Å². The summed E-state index contributed by atoms with van der Waals surface area (Å²) in [4.78, 5) is 8.83. The molecule has 5 rings (SSSR count). The van der Waals surface area contributed by atoms with Crippen molar-refractivity contribution in [1.29, 1.82) is 0 Å². The van der Waals surface area contributed by atoms with Crippen molar-refractivity contribution in [2.45, 2.75) is 5.03 Å². The maximum atomic E-state index is 13.3. The summed E-state index contributed by atoms with van der Waals surface area (Å²) in [5, 5.41) is 4.89. The molecule has 0 spiro atoms. The maximum Gasteiger partial charge on any atom is 0.193 e. The van der Waals surface area contributed by atoms with Crippen molar-refractivity contribution in [1.82, 2.24) is 23.6 Å².